The molecule has 0 unspecified atom stereocenters. The van der Waals surface area contributed by atoms with E-state index in [4.69, 9.17) is 0 Å². The Kier molecular flexibility index (Phi) is 14.9. The topological polar surface area (TPSA) is 0 Å². The molecule has 0 heterocycles. The zero-order chi connectivity index (χ0) is 68.7. The lowest BCUT2D eigenvalue weighted by molar-refractivity contribution is 0.590. The summed E-state index contributed by atoms with van der Waals surface area (Å²) in [5, 5.41) is 0. The second-order valence-electron chi connectivity index (χ2n) is 33.3. The van der Waals surface area contributed by atoms with Gasteiger partial charge < -0.3 is 0 Å². The van der Waals surface area contributed by atoms with E-state index in [1.54, 1.807) is 0 Å². The van der Waals surface area contributed by atoms with Crippen molar-refractivity contribution in [2.24, 2.45) is 0 Å². The highest BCUT2D eigenvalue weighted by atomic mass is 14.3. The highest BCUT2D eigenvalue weighted by Crippen LogP contribution is 2.51. The van der Waals surface area contributed by atoms with Gasteiger partial charge in [0.2, 0.25) is 0 Å². The van der Waals surface area contributed by atoms with Gasteiger partial charge in [0.25, 0.3) is 0 Å². The van der Waals surface area contributed by atoms with Gasteiger partial charge in [-0.25, -0.2) is 0 Å². The van der Waals surface area contributed by atoms with Crippen molar-refractivity contribution in [3.05, 3.63) is 354 Å². The van der Waals surface area contributed by atoms with Gasteiger partial charge in [-0.15, -0.1) is 0 Å². The molecule has 0 saturated heterocycles. The van der Waals surface area contributed by atoms with Crippen LogP contribution in [-0.2, 0) is 47.3 Å². The van der Waals surface area contributed by atoms with Crippen LogP contribution in [0.2, 0.25) is 0 Å². The van der Waals surface area contributed by atoms with E-state index in [-0.39, 0.29) is 21.7 Å². The Morgan fingerprint density at radius 1 is 0.180 bits per heavy atom. The maximum Gasteiger partial charge on any atom is -0.00130 e. The molecule has 488 valence electrons. The number of hydrogen-bond acceptors (Lipinski definition) is 0. The van der Waals surface area contributed by atoms with Gasteiger partial charge in [0.05, 0.1) is 0 Å². The first kappa shape index (κ1) is 63.1. The first-order valence-corrected chi connectivity index (χ1v) is 36.4. The van der Waals surface area contributed by atoms with E-state index in [0.717, 1.165) is 25.7 Å². The molecule has 0 radical (unpaired) electrons. The average Bonchev–Trinajstić information content (AvgIpc) is 1.62. The SMILES string of the molecule is CC(C)(C)c1ccc2c3cc(c-2cc1)CC1=C/C(=C\c2cc(c4ccc(C(C)(C)C)ccc2-4)CC2=C/C(=C\c4cc(c5ccc(C(C)(C)C)ccc4-5)CC4=C/C(=C\c5cc(c6ccc(C(C)(C)C)ccc5-6)CC5=C/C(=C\3)c3ccccc35)c3ccccc34)c3ccccc32)c2ccccc21. The molecule has 0 heteroatoms. The minimum Gasteiger partial charge on any atom is -0.0616 e. The Morgan fingerprint density at radius 2 is 0.360 bits per heavy atom. The summed E-state index contributed by atoms with van der Waals surface area (Å²) in [6.07, 6.45) is 23.2. The second-order valence-corrected chi connectivity index (χ2v) is 33.3. The van der Waals surface area contributed by atoms with E-state index >= 15 is 0 Å². The molecule has 4 aromatic carbocycles. The van der Waals surface area contributed by atoms with E-state index in [1.807, 2.05) is 0 Å². The van der Waals surface area contributed by atoms with Gasteiger partial charge in [-0.3, -0.25) is 0 Å². The lowest BCUT2D eigenvalue weighted by Crippen LogP contribution is -2.09. The summed E-state index contributed by atoms with van der Waals surface area (Å²) < 4.78 is 0. The van der Waals surface area contributed by atoms with E-state index in [9.17, 15) is 0 Å². The number of hydrogen-bond donors (Lipinski definition) is 0. The summed E-state index contributed by atoms with van der Waals surface area (Å²) in [5.41, 5.74) is 46.8. The molecule has 100 heavy (non-hydrogen) atoms. The number of allylic oxidation sites excluding steroid dienone is 12. The van der Waals surface area contributed by atoms with Crippen LogP contribution in [0.25, 0.3) is 113 Å². The van der Waals surface area contributed by atoms with Gasteiger partial charge in [-0.2, -0.15) is 0 Å². The standard InChI is InChI=1S/C100H88/c1-97(2,3)77-29-37-89-69-49-61-45-63(83-23-15-13-21-81(61)83)51-71-58-73(93-41-33-78(98(4,5)6)31-39-91(71)93)53-65-47-67(87-27-19-17-25-85(65)87)55-75-60-76(96-44-36-80(100(10,11)12)35-43-95(75)96)56-68-48-66(86-26-18-20-28-88(68)86)54-74-59-72(92-40-32-79(99(7,8)9)34-42-94(74)92)52-64-46-62(82-22-14-16-24-84(64)82)50-70(57-69)90(89)38-30-77/h13-49,52-53,56-60H,50-51,54-55H2,1-12H3/b61-49+,64-52+,65-53+,68-56+. The third kappa shape index (κ3) is 11.3. The van der Waals surface area contributed by atoms with Crippen LogP contribution in [0.4, 0.5) is 0 Å². The van der Waals surface area contributed by atoms with Crippen LogP contribution in [0.5, 0.6) is 0 Å². The molecule has 13 aliphatic carbocycles. The maximum atomic E-state index is 2.51. The van der Waals surface area contributed by atoms with Crippen molar-refractivity contribution in [1.82, 2.24) is 0 Å². The summed E-state index contributed by atoms with van der Waals surface area (Å²) in [7, 11) is 0. The first-order valence-electron chi connectivity index (χ1n) is 36.4. The van der Waals surface area contributed by atoms with Gasteiger partial charge in [-0.05, 0) is 272 Å². The van der Waals surface area contributed by atoms with Gasteiger partial charge in [0, 0.05) is 0 Å². The Labute approximate surface area is 594 Å². The highest BCUT2D eigenvalue weighted by Gasteiger charge is 2.31. The zero-order valence-electron chi connectivity index (χ0n) is 60.2. The molecular weight excluding hydrogens is 1200 g/mol. The molecule has 0 aliphatic heterocycles. The van der Waals surface area contributed by atoms with Crippen LogP contribution in [-0.4, -0.2) is 0 Å². The minimum atomic E-state index is -0.0144. The average molecular weight is 1290 g/mol. The van der Waals surface area contributed by atoms with Gasteiger partial charge in [-0.1, -0.05) is 326 Å². The molecule has 4 aromatic rings. The molecule has 0 spiro atoms. The summed E-state index contributed by atoms with van der Waals surface area (Å²) in [6, 6.07) is 85.0. The van der Waals surface area contributed by atoms with Crippen LogP contribution in [0.1, 0.15) is 194 Å². The van der Waals surface area contributed by atoms with Gasteiger partial charge >= 0.3 is 0 Å². The number of rotatable bonds is 0. The molecule has 16 bridgehead atoms. The van der Waals surface area contributed by atoms with E-state index in [2.05, 4.69) is 350 Å². The van der Waals surface area contributed by atoms with Crippen LogP contribution < -0.4 is 0 Å². The second kappa shape index (κ2) is 23.6. The van der Waals surface area contributed by atoms with Crippen LogP contribution in [0, 0.1) is 0 Å². The predicted molar refractivity (Wildman–Crippen MR) is 431 cm³/mol. The summed E-state index contributed by atoms with van der Waals surface area (Å²) in [4.78, 5) is 0. The quantitative estimate of drug-likeness (QED) is 0.142. The molecule has 0 fully saturated rings. The fraction of sp³-hybridized carbons (Fsp3) is 0.200. The van der Waals surface area contributed by atoms with Crippen molar-refractivity contribution < 1.29 is 0 Å². The van der Waals surface area contributed by atoms with Crippen molar-refractivity contribution >= 4 is 68.9 Å². The minimum absolute atomic E-state index is 0.0144. The lowest BCUT2D eigenvalue weighted by Gasteiger charge is -2.17. The highest BCUT2D eigenvalue weighted by molar-refractivity contribution is 6.09. The smallest absolute Gasteiger partial charge is 0.00130 e. The Morgan fingerprint density at radius 3 is 0.550 bits per heavy atom. The number of benzene rings is 4. The van der Waals surface area contributed by atoms with E-state index in [0.29, 0.717) is 0 Å². The maximum absolute atomic E-state index is 2.51. The van der Waals surface area contributed by atoms with Gasteiger partial charge in [0.15, 0.2) is 0 Å². The zero-order valence-corrected chi connectivity index (χ0v) is 60.2. The van der Waals surface area contributed by atoms with Crippen LogP contribution in [0.15, 0.2) is 243 Å². The molecule has 0 atom stereocenters. The molecule has 0 aromatic heterocycles. The molecule has 0 N–H and O–H groups in total. The largest absolute Gasteiger partial charge is 0.0616 e. The Bertz CT molecular complexity index is 4840. The Hall–Kier alpha value is -10.4. The van der Waals surface area contributed by atoms with Crippen molar-refractivity contribution in [2.75, 3.05) is 0 Å². The van der Waals surface area contributed by atoms with Crippen molar-refractivity contribution in [3.63, 3.8) is 0 Å². The summed E-state index contributed by atoms with van der Waals surface area (Å²) in [6.45, 7) is 28.0. The van der Waals surface area contributed by atoms with Crippen LogP contribution in [0.3, 0.4) is 0 Å². The normalized spacial score (nSPS) is 17.4. The van der Waals surface area contributed by atoms with Gasteiger partial charge in [0.1, 0.15) is 0 Å². The van der Waals surface area contributed by atoms with E-state index < -0.39 is 0 Å². The molecule has 0 nitrogen and oxygen atoms in total. The molecular formula is C100H88. The predicted octanol–water partition coefficient (Wildman–Crippen LogP) is 26.3. The monoisotopic (exact) mass is 1290 g/mol. The van der Waals surface area contributed by atoms with E-state index in [1.165, 1.54) is 200 Å². The van der Waals surface area contributed by atoms with Crippen molar-refractivity contribution in [3.8, 4) is 44.5 Å². The van der Waals surface area contributed by atoms with Crippen LogP contribution >= 0.6 is 0 Å². The third-order valence-electron chi connectivity index (χ3n) is 22.4. The lowest BCUT2D eigenvalue weighted by atomic mass is 9.88. The Balaban J connectivity index is 0.889. The molecule has 0 saturated carbocycles. The first-order chi connectivity index (χ1) is 48.0. The third-order valence-corrected chi connectivity index (χ3v) is 22.4. The molecule has 13 aliphatic rings. The molecule has 0 amide bonds. The number of fused-ring (bicyclic) bond motifs is 36. The van der Waals surface area contributed by atoms with Crippen molar-refractivity contribution in [2.45, 2.75) is 130 Å². The van der Waals surface area contributed by atoms with Crippen molar-refractivity contribution in [1.29, 1.82) is 0 Å². The molecule has 17 rings (SSSR count). The summed E-state index contributed by atoms with van der Waals surface area (Å²) >= 11 is 0. The summed E-state index contributed by atoms with van der Waals surface area (Å²) in [5.74, 6) is 0. The fourth-order valence-electron chi connectivity index (χ4n) is 16.9. The fourth-order valence-corrected chi connectivity index (χ4v) is 16.9.